The van der Waals surface area contributed by atoms with E-state index in [-0.39, 0.29) is 18.2 Å². The number of amides is 2. The summed E-state index contributed by atoms with van der Waals surface area (Å²) in [5, 5.41) is -0.411. The van der Waals surface area contributed by atoms with Gasteiger partial charge in [0.25, 0.3) is 0 Å². The van der Waals surface area contributed by atoms with E-state index in [1.807, 2.05) is 20.8 Å². The number of halogens is 1. The van der Waals surface area contributed by atoms with E-state index in [1.165, 1.54) is 0 Å². The van der Waals surface area contributed by atoms with Gasteiger partial charge in [0, 0.05) is 13.1 Å². The molecule has 2 bridgehead atoms. The third kappa shape index (κ3) is 2.71. The zero-order chi connectivity index (χ0) is 13.5. The molecule has 2 atom stereocenters. The fourth-order valence-corrected chi connectivity index (χ4v) is 2.94. The minimum absolute atomic E-state index is 0.0428. The average Bonchev–Trinajstić information content (AvgIpc) is 2.47. The molecule has 2 fully saturated rings. The Morgan fingerprint density at radius 1 is 1.17 bits per heavy atom. The van der Waals surface area contributed by atoms with Gasteiger partial charge in [-0.05, 0) is 45.2 Å². The fraction of sp³-hybridized carbons (Fsp3) is 0.833. The van der Waals surface area contributed by atoms with Crippen molar-refractivity contribution in [1.82, 2.24) is 9.80 Å². The molecular formula is C12H19ClN2O3. The van der Waals surface area contributed by atoms with Gasteiger partial charge >= 0.3 is 11.5 Å². The minimum Gasteiger partial charge on any atom is -0.444 e. The minimum atomic E-state index is -0.491. The van der Waals surface area contributed by atoms with Crippen LogP contribution in [0.4, 0.5) is 9.59 Å². The van der Waals surface area contributed by atoms with Crippen LogP contribution in [-0.2, 0) is 4.74 Å². The monoisotopic (exact) mass is 274 g/mol. The predicted molar refractivity (Wildman–Crippen MR) is 67.7 cm³/mol. The highest BCUT2D eigenvalue weighted by atomic mass is 35.5. The third-order valence-corrected chi connectivity index (χ3v) is 3.53. The zero-order valence-corrected chi connectivity index (χ0v) is 11.7. The van der Waals surface area contributed by atoms with Gasteiger partial charge in [-0.25, -0.2) is 4.79 Å². The van der Waals surface area contributed by atoms with Gasteiger partial charge in [-0.2, -0.15) is 0 Å². The first-order valence-electron chi connectivity index (χ1n) is 6.23. The van der Waals surface area contributed by atoms with Gasteiger partial charge in [0.2, 0.25) is 0 Å². The quantitative estimate of drug-likeness (QED) is 0.503. The van der Waals surface area contributed by atoms with Crippen molar-refractivity contribution in [3.63, 3.8) is 0 Å². The van der Waals surface area contributed by atoms with Crippen molar-refractivity contribution in [3.05, 3.63) is 0 Å². The summed E-state index contributed by atoms with van der Waals surface area (Å²) in [6.07, 6.45) is 1.51. The molecule has 0 spiro atoms. The molecular weight excluding hydrogens is 256 g/mol. The summed E-state index contributed by atoms with van der Waals surface area (Å²) in [4.78, 5) is 26.7. The van der Waals surface area contributed by atoms with Crippen LogP contribution in [0.25, 0.3) is 0 Å². The number of carbonyl (C=O) groups excluding carboxylic acids is 2. The molecule has 2 rings (SSSR count). The molecule has 0 aromatic carbocycles. The second kappa shape index (κ2) is 4.61. The van der Waals surface area contributed by atoms with Crippen LogP contribution >= 0.6 is 11.6 Å². The van der Waals surface area contributed by atoms with Crippen LogP contribution in [0, 0.1) is 0 Å². The Morgan fingerprint density at radius 2 is 1.67 bits per heavy atom. The maximum absolute atomic E-state index is 12.0. The summed E-state index contributed by atoms with van der Waals surface area (Å²) in [5.41, 5.74) is -0.491. The number of hydrogen-bond donors (Lipinski definition) is 0. The van der Waals surface area contributed by atoms with Crippen molar-refractivity contribution in [2.45, 2.75) is 51.3 Å². The van der Waals surface area contributed by atoms with Crippen LogP contribution in [0.1, 0.15) is 33.6 Å². The summed E-state index contributed by atoms with van der Waals surface area (Å²) in [6, 6.07) is 0.0857. The van der Waals surface area contributed by atoms with E-state index in [0.717, 1.165) is 12.8 Å². The number of fused-ring (bicyclic) bond motifs is 2. The van der Waals surface area contributed by atoms with Crippen LogP contribution in [0.15, 0.2) is 0 Å². The SMILES string of the molecule is CC(C)(C)OC(=O)N1CC2CCC(C1)N2C(=O)Cl. The van der Waals surface area contributed by atoms with Crippen molar-refractivity contribution in [3.8, 4) is 0 Å². The van der Waals surface area contributed by atoms with Crippen molar-refractivity contribution >= 4 is 23.1 Å². The Balaban J connectivity index is 2.00. The van der Waals surface area contributed by atoms with Gasteiger partial charge < -0.3 is 14.5 Å². The number of hydrogen-bond acceptors (Lipinski definition) is 3. The summed E-state index contributed by atoms with van der Waals surface area (Å²) in [5.74, 6) is 0. The molecule has 2 heterocycles. The molecule has 102 valence electrons. The van der Waals surface area contributed by atoms with E-state index in [1.54, 1.807) is 9.80 Å². The first-order chi connectivity index (χ1) is 8.28. The zero-order valence-electron chi connectivity index (χ0n) is 11.0. The maximum atomic E-state index is 12.0. The van der Waals surface area contributed by atoms with Crippen LogP contribution < -0.4 is 0 Å². The summed E-state index contributed by atoms with van der Waals surface area (Å²) in [7, 11) is 0. The van der Waals surface area contributed by atoms with E-state index in [0.29, 0.717) is 13.1 Å². The van der Waals surface area contributed by atoms with E-state index >= 15 is 0 Å². The van der Waals surface area contributed by atoms with Gasteiger partial charge in [-0.15, -0.1) is 0 Å². The lowest BCUT2D eigenvalue weighted by molar-refractivity contribution is 0.00883. The summed E-state index contributed by atoms with van der Waals surface area (Å²) in [6.45, 7) is 6.57. The van der Waals surface area contributed by atoms with Crippen LogP contribution in [0.3, 0.4) is 0 Å². The maximum Gasteiger partial charge on any atom is 0.410 e. The fourth-order valence-electron chi connectivity index (χ4n) is 2.67. The molecule has 0 aromatic heterocycles. The molecule has 0 radical (unpaired) electrons. The van der Waals surface area contributed by atoms with Gasteiger partial charge in [0.1, 0.15) is 5.60 Å². The third-order valence-electron chi connectivity index (χ3n) is 3.34. The first-order valence-corrected chi connectivity index (χ1v) is 6.61. The summed E-state index contributed by atoms with van der Waals surface area (Å²) < 4.78 is 5.35. The lowest BCUT2D eigenvalue weighted by Crippen LogP contribution is -2.56. The highest BCUT2D eigenvalue weighted by molar-refractivity contribution is 6.62. The van der Waals surface area contributed by atoms with Crippen molar-refractivity contribution < 1.29 is 14.3 Å². The average molecular weight is 275 g/mol. The van der Waals surface area contributed by atoms with E-state index in [4.69, 9.17) is 16.3 Å². The topological polar surface area (TPSA) is 49.9 Å². The number of rotatable bonds is 0. The molecule has 6 heteroatoms. The van der Waals surface area contributed by atoms with E-state index in [9.17, 15) is 9.59 Å². The highest BCUT2D eigenvalue weighted by Gasteiger charge is 2.44. The second-order valence-electron chi connectivity index (χ2n) is 5.93. The molecule has 2 amide bonds. The van der Waals surface area contributed by atoms with Crippen molar-refractivity contribution in [1.29, 1.82) is 0 Å². The summed E-state index contributed by atoms with van der Waals surface area (Å²) >= 11 is 5.57. The largest absolute Gasteiger partial charge is 0.444 e. The lowest BCUT2D eigenvalue weighted by Gasteiger charge is -2.40. The van der Waals surface area contributed by atoms with Crippen LogP contribution in [0.5, 0.6) is 0 Å². The van der Waals surface area contributed by atoms with Crippen molar-refractivity contribution in [2.24, 2.45) is 0 Å². The molecule has 2 aliphatic rings. The highest BCUT2D eigenvalue weighted by Crippen LogP contribution is 2.31. The second-order valence-corrected chi connectivity index (χ2v) is 6.25. The number of piperazine rings is 1. The Kier molecular flexibility index (Phi) is 3.45. The van der Waals surface area contributed by atoms with Gasteiger partial charge in [0.05, 0.1) is 12.1 Å². The molecule has 2 saturated heterocycles. The number of likely N-dealkylation sites (tertiary alicyclic amines) is 1. The van der Waals surface area contributed by atoms with Gasteiger partial charge in [-0.1, -0.05) is 0 Å². The van der Waals surface area contributed by atoms with Crippen LogP contribution in [0.2, 0.25) is 0 Å². The Bertz CT molecular complexity index is 353. The lowest BCUT2D eigenvalue weighted by atomic mass is 10.2. The smallest absolute Gasteiger partial charge is 0.410 e. The molecule has 0 saturated carbocycles. The molecule has 0 aliphatic carbocycles. The van der Waals surface area contributed by atoms with Gasteiger partial charge in [0.15, 0.2) is 0 Å². The molecule has 0 aromatic rings. The van der Waals surface area contributed by atoms with E-state index in [2.05, 4.69) is 0 Å². The molecule has 2 aliphatic heterocycles. The molecule has 18 heavy (non-hydrogen) atoms. The first kappa shape index (κ1) is 13.5. The number of ether oxygens (including phenoxy) is 1. The molecule has 0 N–H and O–H groups in total. The molecule has 2 unspecified atom stereocenters. The Hall–Kier alpha value is -0.970. The number of carbonyl (C=O) groups is 2. The Labute approximate surface area is 112 Å². The van der Waals surface area contributed by atoms with Crippen molar-refractivity contribution in [2.75, 3.05) is 13.1 Å². The Morgan fingerprint density at radius 3 is 2.06 bits per heavy atom. The van der Waals surface area contributed by atoms with Gasteiger partial charge in [-0.3, -0.25) is 4.79 Å². The standard InChI is InChI=1S/C12H19ClN2O3/c1-12(2,3)18-11(17)14-6-8-4-5-9(7-14)15(8)10(13)16/h8-9H,4-7H2,1-3H3. The van der Waals surface area contributed by atoms with Crippen LogP contribution in [-0.4, -0.2) is 52.0 Å². The predicted octanol–water partition coefficient (Wildman–Crippen LogP) is 2.43. The normalized spacial score (nSPS) is 27.3. The van der Waals surface area contributed by atoms with E-state index < -0.39 is 11.0 Å². The molecule has 5 nitrogen and oxygen atoms in total. The number of nitrogens with zero attached hydrogens (tertiary/aromatic N) is 2.